The van der Waals surface area contributed by atoms with Gasteiger partial charge >= 0.3 is 0 Å². The first-order chi connectivity index (χ1) is 8.54. The molecule has 0 saturated carbocycles. The minimum atomic E-state index is -2.92. The van der Waals surface area contributed by atoms with Crippen LogP contribution in [-0.2, 0) is 16.3 Å². The minimum absolute atomic E-state index is 0.0559. The molecule has 0 aromatic heterocycles. The molecule has 2 rings (SSSR count). The second-order valence-corrected chi connectivity index (χ2v) is 7.15. The van der Waals surface area contributed by atoms with Gasteiger partial charge in [-0.1, -0.05) is 38.1 Å². The third-order valence-electron chi connectivity index (χ3n) is 3.60. The Morgan fingerprint density at radius 3 is 2.39 bits per heavy atom. The maximum Gasteiger partial charge on any atom is 0.153 e. The summed E-state index contributed by atoms with van der Waals surface area (Å²) in [6.45, 7) is 4.14. The lowest BCUT2D eigenvalue weighted by molar-refractivity contribution is 0.440. The van der Waals surface area contributed by atoms with E-state index in [1.165, 1.54) is 5.56 Å². The molecule has 1 saturated heterocycles. The lowest BCUT2D eigenvalue weighted by atomic mass is 10.0. The van der Waals surface area contributed by atoms with E-state index < -0.39 is 9.84 Å². The van der Waals surface area contributed by atoms with Gasteiger partial charge in [0.05, 0.1) is 11.5 Å². The number of benzene rings is 1. The Kier molecular flexibility index (Phi) is 4.07. The van der Waals surface area contributed by atoms with Gasteiger partial charge in [0.15, 0.2) is 9.84 Å². The highest BCUT2D eigenvalue weighted by Gasteiger charge is 2.30. The van der Waals surface area contributed by atoms with Crippen molar-refractivity contribution in [1.82, 2.24) is 5.32 Å². The average molecular weight is 267 g/mol. The molecule has 1 aromatic rings. The lowest BCUT2D eigenvalue weighted by Crippen LogP contribution is -2.46. The predicted molar refractivity (Wildman–Crippen MR) is 74.4 cm³/mol. The average Bonchev–Trinajstić information content (AvgIpc) is 2.37. The van der Waals surface area contributed by atoms with Crippen molar-refractivity contribution in [1.29, 1.82) is 0 Å². The summed E-state index contributed by atoms with van der Waals surface area (Å²) in [6.07, 6.45) is 1.86. The van der Waals surface area contributed by atoms with Crippen molar-refractivity contribution < 1.29 is 8.42 Å². The molecule has 2 atom stereocenters. The van der Waals surface area contributed by atoms with E-state index >= 15 is 0 Å². The predicted octanol–water partition coefficient (Wildman–Crippen LogP) is 2.09. The Morgan fingerprint density at radius 1 is 1.17 bits per heavy atom. The summed E-state index contributed by atoms with van der Waals surface area (Å²) in [5.74, 6) is 0.488. The van der Waals surface area contributed by atoms with Gasteiger partial charge < -0.3 is 5.32 Å². The second kappa shape index (κ2) is 5.41. The van der Waals surface area contributed by atoms with Gasteiger partial charge in [-0.3, -0.25) is 0 Å². The van der Waals surface area contributed by atoms with Gasteiger partial charge in [-0.2, -0.15) is 0 Å². The molecule has 1 N–H and O–H groups in total. The minimum Gasteiger partial charge on any atom is -0.305 e. The zero-order chi connectivity index (χ0) is 13.2. The third-order valence-corrected chi connectivity index (χ3v) is 5.35. The molecule has 0 radical (unpaired) electrons. The van der Waals surface area contributed by atoms with Crippen LogP contribution in [0.5, 0.6) is 0 Å². The molecule has 1 aromatic carbocycles. The van der Waals surface area contributed by atoms with Crippen LogP contribution in [0.1, 0.15) is 37.4 Å². The van der Waals surface area contributed by atoms with Gasteiger partial charge in [-0.25, -0.2) is 8.42 Å². The summed E-state index contributed by atoms with van der Waals surface area (Å²) < 4.78 is 23.8. The van der Waals surface area contributed by atoms with Crippen molar-refractivity contribution in [3.8, 4) is 0 Å². The fourth-order valence-electron chi connectivity index (χ4n) is 2.42. The standard InChI is InChI=1S/C14H21NO2S/c1-3-11-5-7-12(8-6-11)14-10-18(16,17)9-13(4-2)15-14/h5-8,13-15H,3-4,9-10H2,1-2H3. The molecule has 0 amide bonds. The molecule has 0 bridgehead atoms. The van der Waals surface area contributed by atoms with Crippen LogP contribution in [0.4, 0.5) is 0 Å². The first-order valence-corrected chi connectivity index (χ1v) is 8.41. The van der Waals surface area contributed by atoms with E-state index in [1.54, 1.807) is 0 Å². The van der Waals surface area contributed by atoms with E-state index in [1.807, 2.05) is 19.1 Å². The monoisotopic (exact) mass is 267 g/mol. The lowest BCUT2D eigenvalue weighted by Gasteiger charge is -2.30. The van der Waals surface area contributed by atoms with Crippen LogP contribution in [0, 0.1) is 0 Å². The SMILES string of the molecule is CCc1ccc(C2CS(=O)(=O)CC(CC)N2)cc1. The van der Waals surface area contributed by atoms with E-state index in [9.17, 15) is 8.42 Å². The third kappa shape index (κ3) is 3.12. The van der Waals surface area contributed by atoms with E-state index in [-0.39, 0.29) is 23.6 Å². The quantitative estimate of drug-likeness (QED) is 0.912. The highest BCUT2D eigenvalue weighted by atomic mass is 32.2. The fraction of sp³-hybridized carbons (Fsp3) is 0.571. The normalized spacial score (nSPS) is 27.0. The van der Waals surface area contributed by atoms with Crippen LogP contribution < -0.4 is 5.32 Å². The van der Waals surface area contributed by atoms with Crippen LogP contribution in [0.25, 0.3) is 0 Å². The summed E-state index contributed by atoms with van der Waals surface area (Å²) in [6, 6.07) is 8.28. The molecular weight excluding hydrogens is 246 g/mol. The van der Waals surface area contributed by atoms with Gasteiger partial charge in [0.1, 0.15) is 0 Å². The summed E-state index contributed by atoms with van der Waals surface area (Å²) in [5.41, 5.74) is 2.36. The molecule has 1 heterocycles. The first-order valence-electron chi connectivity index (χ1n) is 6.59. The Hall–Kier alpha value is -0.870. The summed E-state index contributed by atoms with van der Waals surface area (Å²) in [5, 5.41) is 3.43. The molecule has 2 unspecified atom stereocenters. The zero-order valence-corrected chi connectivity index (χ0v) is 11.8. The number of aryl methyl sites for hydroxylation is 1. The van der Waals surface area contributed by atoms with Crippen molar-refractivity contribution in [2.24, 2.45) is 0 Å². The van der Waals surface area contributed by atoms with E-state index in [4.69, 9.17) is 0 Å². The number of hydrogen-bond donors (Lipinski definition) is 1. The van der Waals surface area contributed by atoms with Crippen molar-refractivity contribution in [2.45, 2.75) is 38.8 Å². The fourth-order valence-corrected chi connectivity index (χ4v) is 4.30. The molecular formula is C14H21NO2S. The molecule has 3 nitrogen and oxygen atoms in total. The van der Waals surface area contributed by atoms with Gasteiger partial charge in [-0.05, 0) is 24.0 Å². The van der Waals surface area contributed by atoms with E-state index in [0.717, 1.165) is 18.4 Å². The molecule has 4 heteroatoms. The van der Waals surface area contributed by atoms with Gasteiger partial charge in [0, 0.05) is 12.1 Å². The zero-order valence-electron chi connectivity index (χ0n) is 11.0. The van der Waals surface area contributed by atoms with Crippen molar-refractivity contribution >= 4 is 9.84 Å². The van der Waals surface area contributed by atoms with Gasteiger partial charge in [0.25, 0.3) is 0 Å². The summed E-state index contributed by atoms with van der Waals surface area (Å²) in [4.78, 5) is 0. The smallest absolute Gasteiger partial charge is 0.153 e. The van der Waals surface area contributed by atoms with Crippen LogP contribution >= 0.6 is 0 Å². The number of rotatable bonds is 3. The Labute approximate surface area is 110 Å². The maximum atomic E-state index is 11.9. The van der Waals surface area contributed by atoms with Crippen LogP contribution in [-0.4, -0.2) is 26.0 Å². The largest absolute Gasteiger partial charge is 0.305 e. The van der Waals surface area contributed by atoms with Crippen LogP contribution in [0.3, 0.4) is 0 Å². The maximum absolute atomic E-state index is 11.9. The van der Waals surface area contributed by atoms with Gasteiger partial charge in [0.2, 0.25) is 0 Å². The van der Waals surface area contributed by atoms with Crippen molar-refractivity contribution in [2.75, 3.05) is 11.5 Å². The van der Waals surface area contributed by atoms with Crippen LogP contribution in [0.2, 0.25) is 0 Å². The highest BCUT2D eigenvalue weighted by Crippen LogP contribution is 2.22. The Balaban J connectivity index is 2.20. The summed E-state index contributed by atoms with van der Waals surface area (Å²) >= 11 is 0. The number of nitrogens with one attached hydrogen (secondary N) is 1. The Bertz CT molecular complexity index is 493. The molecule has 0 aliphatic carbocycles. The van der Waals surface area contributed by atoms with E-state index in [0.29, 0.717) is 0 Å². The first kappa shape index (κ1) is 13.6. The molecule has 18 heavy (non-hydrogen) atoms. The molecule has 1 aliphatic rings. The molecule has 0 spiro atoms. The number of hydrogen-bond acceptors (Lipinski definition) is 3. The molecule has 1 aliphatic heterocycles. The number of sulfone groups is 1. The second-order valence-electron chi connectivity index (χ2n) is 5.00. The van der Waals surface area contributed by atoms with E-state index in [2.05, 4.69) is 24.4 Å². The summed E-state index contributed by atoms with van der Waals surface area (Å²) in [7, 11) is -2.92. The Morgan fingerprint density at radius 2 is 1.83 bits per heavy atom. The highest BCUT2D eigenvalue weighted by molar-refractivity contribution is 7.91. The van der Waals surface area contributed by atoms with Crippen molar-refractivity contribution in [3.05, 3.63) is 35.4 Å². The van der Waals surface area contributed by atoms with Crippen LogP contribution in [0.15, 0.2) is 24.3 Å². The molecule has 100 valence electrons. The van der Waals surface area contributed by atoms with Gasteiger partial charge in [-0.15, -0.1) is 0 Å². The molecule has 1 fully saturated rings. The topological polar surface area (TPSA) is 46.2 Å². The van der Waals surface area contributed by atoms with Crippen molar-refractivity contribution in [3.63, 3.8) is 0 Å².